The monoisotopic (exact) mass is 246 g/mol. The van der Waals surface area contributed by atoms with Crippen molar-refractivity contribution in [2.75, 3.05) is 6.61 Å². The average Bonchev–Trinajstić information content (AvgIpc) is 2.95. The van der Waals surface area contributed by atoms with Crippen LogP contribution in [0.15, 0.2) is 23.6 Å². The second-order valence-corrected chi connectivity index (χ2v) is 5.30. The Morgan fingerprint density at radius 2 is 2.35 bits per heavy atom. The number of fused-ring (bicyclic) bond motifs is 1. The van der Waals surface area contributed by atoms with E-state index in [1.165, 1.54) is 5.56 Å². The lowest BCUT2D eigenvalue weighted by Gasteiger charge is -2.10. The molecule has 0 saturated carbocycles. The number of aromatic nitrogens is 1. The predicted octanol–water partition coefficient (Wildman–Crippen LogP) is 2.43. The lowest BCUT2D eigenvalue weighted by Crippen LogP contribution is -2.12. The van der Waals surface area contributed by atoms with Crippen molar-refractivity contribution in [3.63, 3.8) is 0 Å². The summed E-state index contributed by atoms with van der Waals surface area (Å²) in [6.07, 6.45) is 0.978. The molecule has 2 aromatic rings. The van der Waals surface area contributed by atoms with E-state index in [9.17, 15) is 0 Å². The number of ether oxygens (including phenoxy) is 1. The van der Waals surface area contributed by atoms with Gasteiger partial charge in [-0.2, -0.15) is 0 Å². The molecule has 0 fully saturated rings. The standard InChI is InChI=1S/C13H14N2OS/c1-8-15-11(7-17-8)13(14)10-2-3-12-9(6-10)4-5-16-12/h2-3,6-7,13H,4-5,14H2,1H3. The summed E-state index contributed by atoms with van der Waals surface area (Å²) in [6, 6.07) is 6.05. The van der Waals surface area contributed by atoms with Crippen LogP contribution in [-0.2, 0) is 6.42 Å². The van der Waals surface area contributed by atoms with E-state index in [0.29, 0.717) is 0 Å². The normalized spacial score (nSPS) is 15.4. The van der Waals surface area contributed by atoms with Crippen LogP contribution >= 0.6 is 11.3 Å². The first-order valence-electron chi connectivity index (χ1n) is 5.67. The summed E-state index contributed by atoms with van der Waals surface area (Å²) in [7, 11) is 0. The van der Waals surface area contributed by atoms with Gasteiger partial charge >= 0.3 is 0 Å². The topological polar surface area (TPSA) is 48.1 Å². The van der Waals surface area contributed by atoms with Gasteiger partial charge in [0.15, 0.2) is 0 Å². The summed E-state index contributed by atoms with van der Waals surface area (Å²) in [6.45, 7) is 2.78. The molecule has 0 amide bonds. The molecule has 0 aliphatic carbocycles. The number of benzene rings is 1. The molecule has 1 aliphatic heterocycles. The fraction of sp³-hybridized carbons (Fsp3) is 0.308. The molecule has 1 aromatic carbocycles. The van der Waals surface area contributed by atoms with Crippen molar-refractivity contribution in [2.24, 2.45) is 5.73 Å². The minimum atomic E-state index is -0.133. The van der Waals surface area contributed by atoms with Crippen LogP contribution in [0, 0.1) is 6.92 Å². The van der Waals surface area contributed by atoms with Crippen molar-refractivity contribution in [3.8, 4) is 5.75 Å². The highest BCUT2D eigenvalue weighted by atomic mass is 32.1. The molecular weight excluding hydrogens is 232 g/mol. The number of thiazole rings is 1. The highest BCUT2D eigenvalue weighted by Gasteiger charge is 2.17. The van der Waals surface area contributed by atoms with Gasteiger partial charge in [-0.15, -0.1) is 11.3 Å². The van der Waals surface area contributed by atoms with Gasteiger partial charge in [-0.25, -0.2) is 4.98 Å². The number of aryl methyl sites for hydroxylation is 1. The third kappa shape index (κ3) is 1.94. The number of nitrogens with zero attached hydrogens (tertiary/aromatic N) is 1. The van der Waals surface area contributed by atoms with Crippen LogP contribution < -0.4 is 10.5 Å². The Bertz CT molecular complexity index is 550. The Hall–Kier alpha value is -1.39. The highest BCUT2D eigenvalue weighted by Crippen LogP contribution is 2.29. The molecular formula is C13H14N2OS. The Kier molecular flexibility index (Phi) is 2.61. The van der Waals surface area contributed by atoms with E-state index in [1.807, 2.05) is 24.4 Å². The van der Waals surface area contributed by atoms with E-state index < -0.39 is 0 Å². The van der Waals surface area contributed by atoms with Gasteiger partial charge in [0.05, 0.1) is 23.4 Å². The van der Waals surface area contributed by atoms with Crippen LogP contribution in [0.3, 0.4) is 0 Å². The molecule has 0 radical (unpaired) electrons. The highest BCUT2D eigenvalue weighted by molar-refractivity contribution is 7.09. The quantitative estimate of drug-likeness (QED) is 0.885. The Labute approximate surface area is 104 Å². The van der Waals surface area contributed by atoms with Gasteiger partial charge in [-0.3, -0.25) is 0 Å². The van der Waals surface area contributed by atoms with Crippen molar-refractivity contribution < 1.29 is 4.74 Å². The fourth-order valence-electron chi connectivity index (χ4n) is 2.09. The zero-order chi connectivity index (χ0) is 11.8. The average molecular weight is 246 g/mol. The minimum Gasteiger partial charge on any atom is -0.493 e. The molecule has 1 atom stereocenters. The molecule has 1 aliphatic rings. The van der Waals surface area contributed by atoms with E-state index in [4.69, 9.17) is 10.5 Å². The van der Waals surface area contributed by atoms with Crippen LogP contribution in [0.2, 0.25) is 0 Å². The second kappa shape index (κ2) is 4.13. The zero-order valence-electron chi connectivity index (χ0n) is 9.64. The third-order valence-corrected chi connectivity index (χ3v) is 3.82. The lowest BCUT2D eigenvalue weighted by atomic mass is 10.0. The molecule has 2 N–H and O–H groups in total. The van der Waals surface area contributed by atoms with Crippen LogP contribution in [0.5, 0.6) is 5.75 Å². The van der Waals surface area contributed by atoms with Crippen molar-refractivity contribution in [1.82, 2.24) is 4.98 Å². The van der Waals surface area contributed by atoms with Gasteiger partial charge in [-0.1, -0.05) is 12.1 Å². The zero-order valence-corrected chi connectivity index (χ0v) is 10.5. The van der Waals surface area contributed by atoms with E-state index >= 15 is 0 Å². The van der Waals surface area contributed by atoms with Crippen molar-refractivity contribution >= 4 is 11.3 Å². The summed E-state index contributed by atoms with van der Waals surface area (Å²) in [5, 5.41) is 3.09. The molecule has 1 aromatic heterocycles. The van der Waals surface area contributed by atoms with E-state index in [1.54, 1.807) is 11.3 Å². The minimum absolute atomic E-state index is 0.133. The first-order valence-corrected chi connectivity index (χ1v) is 6.55. The van der Waals surface area contributed by atoms with Gasteiger partial charge in [0.25, 0.3) is 0 Å². The molecule has 0 saturated heterocycles. The molecule has 0 spiro atoms. The molecule has 2 heterocycles. The summed E-state index contributed by atoms with van der Waals surface area (Å²) in [5.74, 6) is 0.996. The van der Waals surface area contributed by atoms with Crippen LogP contribution in [0.4, 0.5) is 0 Å². The van der Waals surface area contributed by atoms with Crippen molar-refractivity contribution in [1.29, 1.82) is 0 Å². The number of hydrogen-bond acceptors (Lipinski definition) is 4. The summed E-state index contributed by atoms with van der Waals surface area (Å²) in [4.78, 5) is 4.44. The van der Waals surface area contributed by atoms with E-state index in [2.05, 4.69) is 11.1 Å². The van der Waals surface area contributed by atoms with Crippen LogP contribution in [0.1, 0.15) is 27.9 Å². The Balaban J connectivity index is 1.94. The first kappa shape index (κ1) is 10.7. The van der Waals surface area contributed by atoms with Gasteiger partial charge in [0.1, 0.15) is 5.75 Å². The lowest BCUT2D eigenvalue weighted by molar-refractivity contribution is 0.357. The summed E-state index contributed by atoms with van der Waals surface area (Å²) in [5.41, 5.74) is 9.54. The van der Waals surface area contributed by atoms with Crippen molar-refractivity contribution in [2.45, 2.75) is 19.4 Å². The number of nitrogens with two attached hydrogens (primary N) is 1. The first-order chi connectivity index (χ1) is 8.24. The smallest absolute Gasteiger partial charge is 0.122 e. The fourth-order valence-corrected chi connectivity index (χ4v) is 2.74. The van der Waals surface area contributed by atoms with E-state index in [-0.39, 0.29) is 6.04 Å². The summed E-state index contributed by atoms with van der Waals surface area (Å²) < 4.78 is 5.49. The molecule has 3 rings (SSSR count). The number of hydrogen-bond donors (Lipinski definition) is 1. The largest absolute Gasteiger partial charge is 0.493 e. The molecule has 17 heavy (non-hydrogen) atoms. The van der Waals surface area contributed by atoms with Gasteiger partial charge in [-0.05, 0) is 24.1 Å². The molecule has 88 valence electrons. The van der Waals surface area contributed by atoms with Crippen LogP contribution in [0.25, 0.3) is 0 Å². The predicted molar refractivity (Wildman–Crippen MR) is 68.5 cm³/mol. The Morgan fingerprint density at radius 1 is 1.47 bits per heavy atom. The molecule has 1 unspecified atom stereocenters. The van der Waals surface area contributed by atoms with E-state index in [0.717, 1.165) is 35.0 Å². The Morgan fingerprint density at radius 3 is 3.12 bits per heavy atom. The van der Waals surface area contributed by atoms with Gasteiger partial charge in [0.2, 0.25) is 0 Å². The second-order valence-electron chi connectivity index (χ2n) is 4.23. The molecule has 3 nitrogen and oxygen atoms in total. The SMILES string of the molecule is Cc1nc(C(N)c2ccc3c(c2)CCO3)cs1. The molecule has 0 bridgehead atoms. The maximum Gasteiger partial charge on any atom is 0.122 e. The maximum atomic E-state index is 6.23. The van der Waals surface area contributed by atoms with Gasteiger partial charge < -0.3 is 10.5 Å². The van der Waals surface area contributed by atoms with Crippen LogP contribution in [-0.4, -0.2) is 11.6 Å². The third-order valence-electron chi connectivity index (χ3n) is 3.03. The van der Waals surface area contributed by atoms with Crippen molar-refractivity contribution in [3.05, 3.63) is 45.4 Å². The number of rotatable bonds is 2. The summed E-state index contributed by atoms with van der Waals surface area (Å²) >= 11 is 1.64. The maximum absolute atomic E-state index is 6.23. The molecule has 4 heteroatoms. The van der Waals surface area contributed by atoms with Gasteiger partial charge in [0, 0.05) is 11.8 Å².